The summed E-state index contributed by atoms with van der Waals surface area (Å²) in [6.45, 7) is 3.71. The van der Waals surface area contributed by atoms with Crippen molar-refractivity contribution in [3.63, 3.8) is 0 Å². The molecule has 0 aromatic heterocycles. The maximum atomic E-state index is 13.8. The summed E-state index contributed by atoms with van der Waals surface area (Å²) in [4.78, 5) is 0. The number of allylic oxidation sites excluding steroid dienone is 1. The molecule has 1 unspecified atom stereocenters. The molecule has 1 aromatic rings. The van der Waals surface area contributed by atoms with E-state index in [9.17, 15) is 4.39 Å². The fraction of sp³-hybridized carbons (Fsp3) is 0.467. The van der Waals surface area contributed by atoms with Crippen LogP contribution >= 0.6 is 15.9 Å². The summed E-state index contributed by atoms with van der Waals surface area (Å²) in [5.74, 6) is -0.144. The molecule has 1 atom stereocenters. The van der Waals surface area contributed by atoms with E-state index in [1.165, 1.54) is 18.9 Å². The van der Waals surface area contributed by atoms with Gasteiger partial charge in [-0.15, -0.1) is 6.58 Å². The van der Waals surface area contributed by atoms with Crippen LogP contribution in [0.25, 0.3) is 0 Å². The Balaban J connectivity index is 2.52. The third-order valence-corrected chi connectivity index (χ3v) is 3.58. The molecule has 0 bridgehead atoms. The number of rotatable bonds is 8. The van der Waals surface area contributed by atoms with Gasteiger partial charge < -0.3 is 5.32 Å². The molecule has 0 radical (unpaired) electrons. The van der Waals surface area contributed by atoms with Crippen molar-refractivity contribution >= 4 is 15.9 Å². The summed E-state index contributed by atoms with van der Waals surface area (Å²) in [6, 6.07) is 5.36. The van der Waals surface area contributed by atoms with E-state index in [0.29, 0.717) is 0 Å². The Morgan fingerprint density at radius 3 is 2.78 bits per heavy atom. The number of nitrogens with one attached hydrogen (secondary N) is 1. The van der Waals surface area contributed by atoms with E-state index >= 15 is 0 Å². The van der Waals surface area contributed by atoms with Crippen LogP contribution in [0.4, 0.5) is 4.39 Å². The van der Waals surface area contributed by atoms with Gasteiger partial charge in [0.05, 0.1) is 0 Å². The Bertz CT molecular complexity index is 379. The zero-order chi connectivity index (χ0) is 13.4. The topological polar surface area (TPSA) is 12.0 Å². The van der Waals surface area contributed by atoms with Crippen molar-refractivity contribution in [3.05, 3.63) is 46.7 Å². The zero-order valence-corrected chi connectivity index (χ0v) is 12.5. The summed E-state index contributed by atoms with van der Waals surface area (Å²) in [5.41, 5.74) is 0.754. The largest absolute Gasteiger partial charge is 0.313 e. The SMILES string of the molecule is C=CCCCCCC(NC)c1ccc(Br)cc1F. The average molecular weight is 314 g/mol. The van der Waals surface area contributed by atoms with Crippen molar-refractivity contribution < 1.29 is 4.39 Å². The first-order valence-corrected chi connectivity index (χ1v) is 7.21. The first kappa shape index (κ1) is 15.4. The van der Waals surface area contributed by atoms with Gasteiger partial charge in [-0.2, -0.15) is 0 Å². The van der Waals surface area contributed by atoms with Crippen molar-refractivity contribution in [1.82, 2.24) is 5.32 Å². The second-order valence-corrected chi connectivity index (χ2v) is 5.35. The maximum absolute atomic E-state index is 13.8. The van der Waals surface area contributed by atoms with Crippen LogP contribution in [0.3, 0.4) is 0 Å². The molecule has 0 fully saturated rings. The molecule has 0 aliphatic rings. The van der Waals surface area contributed by atoms with Crippen LogP contribution in [0.1, 0.15) is 43.7 Å². The van der Waals surface area contributed by atoms with E-state index in [0.717, 1.165) is 29.3 Å². The Morgan fingerprint density at radius 1 is 1.39 bits per heavy atom. The van der Waals surface area contributed by atoms with Gasteiger partial charge in [-0.05, 0) is 38.4 Å². The molecule has 1 rings (SSSR count). The second-order valence-electron chi connectivity index (χ2n) is 4.43. The van der Waals surface area contributed by atoms with E-state index in [2.05, 4.69) is 27.8 Å². The molecule has 0 aliphatic carbocycles. The number of halogens is 2. The first-order valence-electron chi connectivity index (χ1n) is 6.42. The van der Waals surface area contributed by atoms with Gasteiger partial charge >= 0.3 is 0 Å². The third-order valence-electron chi connectivity index (χ3n) is 3.09. The summed E-state index contributed by atoms with van der Waals surface area (Å²) < 4.78 is 14.6. The van der Waals surface area contributed by atoms with Crippen LogP contribution in [0.5, 0.6) is 0 Å². The normalized spacial score (nSPS) is 12.4. The van der Waals surface area contributed by atoms with Crippen LogP contribution in [-0.4, -0.2) is 7.05 Å². The van der Waals surface area contributed by atoms with Crippen LogP contribution in [-0.2, 0) is 0 Å². The second kappa shape index (κ2) is 8.44. The lowest BCUT2D eigenvalue weighted by Gasteiger charge is -2.17. The zero-order valence-electron chi connectivity index (χ0n) is 10.9. The van der Waals surface area contributed by atoms with Gasteiger partial charge in [0.2, 0.25) is 0 Å². The highest BCUT2D eigenvalue weighted by molar-refractivity contribution is 9.10. The van der Waals surface area contributed by atoms with Crippen molar-refractivity contribution in [2.75, 3.05) is 7.05 Å². The van der Waals surface area contributed by atoms with Gasteiger partial charge in [-0.1, -0.05) is 40.9 Å². The number of hydrogen-bond donors (Lipinski definition) is 1. The number of benzene rings is 1. The van der Waals surface area contributed by atoms with E-state index in [4.69, 9.17) is 0 Å². The first-order chi connectivity index (χ1) is 8.69. The van der Waals surface area contributed by atoms with Gasteiger partial charge in [0, 0.05) is 16.1 Å². The fourth-order valence-corrected chi connectivity index (χ4v) is 2.39. The average Bonchev–Trinajstić information content (AvgIpc) is 2.35. The van der Waals surface area contributed by atoms with E-state index < -0.39 is 0 Å². The lowest BCUT2D eigenvalue weighted by Crippen LogP contribution is -2.17. The molecular weight excluding hydrogens is 293 g/mol. The van der Waals surface area contributed by atoms with Crippen molar-refractivity contribution in [2.45, 2.75) is 38.1 Å². The molecule has 1 N–H and O–H groups in total. The van der Waals surface area contributed by atoms with Gasteiger partial charge in [-0.3, -0.25) is 0 Å². The standard InChI is InChI=1S/C15H21BrFN/c1-3-4-5-6-7-8-15(18-2)13-10-9-12(16)11-14(13)17/h3,9-11,15,18H,1,4-8H2,2H3. The van der Waals surface area contributed by atoms with E-state index in [1.54, 1.807) is 0 Å². The molecule has 0 amide bonds. The summed E-state index contributed by atoms with van der Waals surface area (Å²) in [6.07, 6.45) is 7.42. The quantitative estimate of drug-likeness (QED) is 0.527. The number of unbranched alkanes of at least 4 members (excludes halogenated alkanes) is 3. The molecule has 1 aromatic carbocycles. The highest BCUT2D eigenvalue weighted by atomic mass is 79.9. The van der Waals surface area contributed by atoms with E-state index in [1.807, 2.05) is 25.3 Å². The highest BCUT2D eigenvalue weighted by Gasteiger charge is 2.13. The smallest absolute Gasteiger partial charge is 0.129 e. The van der Waals surface area contributed by atoms with Gasteiger partial charge in [0.15, 0.2) is 0 Å². The minimum absolute atomic E-state index is 0.0989. The Labute approximate surface area is 118 Å². The lowest BCUT2D eigenvalue weighted by atomic mass is 9.99. The predicted molar refractivity (Wildman–Crippen MR) is 79.2 cm³/mol. The minimum Gasteiger partial charge on any atom is -0.313 e. The molecule has 18 heavy (non-hydrogen) atoms. The molecule has 100 valence electrons. The summed E-state index contributed by atoms with van der Waals surface area (Å²) in [5, 5.41) is 3.19. The molecule has 3 heteroatoms. The van der Waals surface area contributed by atoms with Gasteiger partial charge in [0.25, 0.3) is 0 Å². The van der Waals surface area contributed by atoms with Crippen LogP contribution < -0.4 is 5.32 Å². The predicted octanol–water partition coefficient (Wildman–Crippen LogP) is 4.99. The Hall–Kier alpha value is -0.670. The van der Waals surface area contributed by atoms with Crippen molar-refractivity contribution in [2.24, 2.45) is 0 Å². The molecule has 0 spiro atoms. The van der Waals surface area contributed by atoms with Crippen molar-refractivity contribution in [1.29, 1.82) is 0 Å². The van der Waals surface area contributed by atoms with E-state index in [-0.39, 0.29) is 11.9 Å². The van der Waals surface area contributed by atoms with Gasteiger partial charge in [0.1, 0.15) is 5.82 Å². The minimum atomic E-state index is -0.144. The molecule has 0 saturated heterocycles. The molecule has 0 saturated carbocycles. The third kappa shape index (κ3) is 4.91. The fourth-order valence-electron chi connectivity index (χ4n) is 2.05. The molecule has 1 nitrogen and oxygen atoms in total. The lowest BCUT2D eigenvalue weighted by molar-refractivity contribution is 0.482. The summed E-state index contributed by atoms with van der Waals surface area (Å²) in [7, 11) is 1.88. The Kier molecular flexibility index (Phi) is 7.21. The molecule has 0 heterocycles. The monoisotopic (exact) mass is 313 g/mol. The highest BCUT2D eigenvalue weighted by Crippen LogP contribution is 2.24. The molecular formula is C15H21BrFN. The van der Waals surface area contributed by atoms with Crippen molar-refractivity contribution in [3.8, 4) is 0 Å². The summed E-state index contributed by atoms with van der Waals surface area (Å²) >= 11 is 3.28. The maximum Gasteiger partial charge on any atom is 0.129 e. The van der Waals surface area contributed by atoms with Crippen LogP contribution in [0.15, 0.2) is 35.3 Å². The Morgan fingerprint density at radius 2 is 2.17 bits per heavy atom. The van der Waals surface area contributed by atoms with Crippen LogP contribution in [0, 0.1) is 5.82 Å². The number of hydrogen-bond acceptors (Lipinski definition) is 1. The van der Waals surface area contributed by atoms with Gasteiger partial charge in [-0.25, -0.2) is 4.39 Å². The molecule has 0 aliphatic heterocycles. The van der Waals surface area contributed by atoms with Crippen LogP contribution in [0.2, 0.25) is 0 Å².